The number of rotatable bonds is 5. The monoisotopic (exact) mass is 373 g/mol. The van der Waals surface area contributed by atoms with Crippen molar-refractivity contribution in [1.82, 2.24) is 24.5 Å². The quantitative estimate of drug-likeness (QED) is 0.538. The predicted octanol–water partition coefficient (Wildman–Crippen LogP) is 2.24. The second-order valence-corrected chi connectivity index (χ2v) is 6.56. The zero-order valence-corrected chi connectivity index (χ0v) is 15.4. The van der Waals surface area contributed by atoms with Crippen LogP contribution in [-0.4, -0.2) is 37.4 Å². The van der Waals surface area contributed by atoms with Crippen LogP contribution in [0.3, 0.4) is 0 Å². The first kappa shape index (κ1) is 17.7. The zero-order valence-electron chi connectivity index (χ0n) is 15.4. The topological polar surface area (TPSA) is 73.0 Å². The Morgan fingerprint density at radius 2 is 1.82 bits per heavy atom. The third kappa shape index (κ3) is 3.55. The molecule has 0 atom stereocenters. The van der Waals surface area contributed by atoms with E-state index < -0.39 is 0 Å². The highest BCUT2D eigenvalue weighted by Gasteiger charge is 2.13. The molecular formula is C21H19N5O2. The van der Waals surface area contributed by atoms with Gasteiger partial charge in [-0.15, -0.1) is 0 Å². The highest BCUT2D eigenvalue weighted by atomic mass is 16.2. The number of likely N-dealkylation sites (N-methyl/N-ethyl adjacent to an activating group) is 1. The molecule has 140 valence electrons. The van der Waals surface area contributed by atoms with Gasteiger partial charge in [0.1, 0.15) is 6.54 Å². The van der Waals surface area contributed by atoms with Crippen LogP contribution < -0.4 is 5.56 Å². The van der Waals surface area contributed by atoms with Crippen molar-refractivity contribution in [3.05, 3.63) is 89.1 Å². The van der Waals surface area contributed by atoms with Crippen molar-refractivity contribution in [1.29, 1.82) is 0 Å². The molecule has 2 aromatic heterocycles. The lowest BCUT2D eigenvalue weighted by Crippen LogP contribution is -2.34. The van der Waals surface area contributed by atoms with E-state index in [9.17, 15) is 9.59 Å². The van der Waals surface area contributed by atoms with Crippen molar-refractivity contribution in [2.24, 2.45) is 0 Å². The van der Waals surface area contributed by atoms with E-state index in [0.29, 0.717) is 11.9 Å². The SMILES string of the molecule is CN(Cc1ccc(-n2cccn2)cc1)C(=O)Cn1ncc2ccccc2c1=O. The second-order valence-electron chi connectivity index (χ2n) is 6.56. The van der Waals surface area contributed by atoms with Gasteiger partial charge >= 0.3 is 0 Å². The lowest BCUT2D eigenvalue weighted by molar-refractivity contribution is -0.131. The molecule has 0 bridgehead atoms. The van der Waals surface area contributed by atoms with Crippen LogP contribution in [0.2, 0.25) is 0 Å². The van der Waals surface area contributed by atoms with Crippen molar-refractivity contribution in [3.63, 3.8) is 0 Å². The fourth-order valence-corrected chi connectivity index (χ4v) is 3.03. The Hall–Kier alpha value is -3.74. The van der Waals surface area contributed by atoms with Crippen LogP contribution in [-0.2, 0) is 17.9 Å². The first-order valence-electron chi connectivity index (χ1n) is 8.89. The molecule has 0 N–H and O–H groups in total. The average Bonchev–Trinajstić information content (AvgIpc) is 3.25. The molecule has 0 aliphatic rings. The number of aromatic nitrogens is 4. The average molecular weight is 373 g/mol. The van der Waals surface area contributed by atoms with Gasteiger partial charge in [0.05, 0.1) is 17.3 Å². The van der Waals surface area contributed by atoms with Gasteiger partial charge in [-0.05, 0) is 29.8 Å². The normalized spacial score (nSPS) is 10.9. The number of fused-ring (bicyclic) bond motifs is 1. The summed E-state index contributed by atoms with van der Waals surface area (Å²) in [7, 11) is 1.72. The molecule has 0 saturated heterocycles. The maximum absolute atomic E-state index is 12.6. The van der Waals surface area contributed by atoms with E-state index >= 15 is 0 Å². The van der Waals surface area contributed by atoms with Gasteiger partial charge in [-0.25, -0.2) is 9.36 Å². The van der Waals surface area contributed by atoms with Gasteiger partial charge in [-0.3, -0.25) is 9.59 Å². The van der Waals surface area contributed by atoms with Crippen LogP contribution in [0.25, 0.3) is 16.5 Å². The summed E-state index contributed by atoms with van der Waals surface area (Å²) in [5, 5.41) is 9.64. The molecule has 0 aliphatic heterocycles. The summed E-state index contributed by atoms with van der Waals surface area (Å²) < 4.78 is 2.98. The van der Waals surface area contributed by atoms with Gasteiger partial charge in [0.2, 0.25) is 5.91 Å². The zero-order chi connectivity index (χ0) is 19.5. The van der Waals surface area contributed by atoms with Crippen LogP contribution in [0.1, 0.15) is 5.56 Å². The van der Waals surface area contributed by atoms with Crippen molar-refractivity contribution >= 4 is 16.7 Å². The fraction of sp³-hybridized carbons (Fsp3) is 0.143. The predicted molar refractivity (Wildman–Crippen MR) is 106 cm³/mol. The molecule has 0 spiro atoms. The first-order valence-corrected chi connectivity index (χ1v) is 8.89. The van der Waals surface area contributed by atoms with E-state index in [0.717, 1.165) is 16.6 Å². The lowest BCUT2D eigenvalue weighted by Gasteiger charge is -2.18. The van der Waals surface area contributed by atoms with Crippen LogP contribution in [0.5, 0.6) is 0 Å². The molecule has 0 saturated carbocycles. The summed E-state index contributed by atoms with van der Waals surface area (Å²) in [6, 6.07) is 16.9. The summed E-state index contributed by atoms with van der Waals surface area (Å²) >= 11 is 0. The molecule has 0 fully saturated rings. The number of carbonyl (C=O) groups excluding carboxylic acids is 1. The van der Waals surface area contributed by atoms with Crippen molar-refractivity contribution < 1.29 is 4.79 Å². The molecular weight excluding hydrogens is 354 g/mol. The Morgan fingerprint density at radius 3 is 2.57 bits per heavy atom. The number of carbonyl (C=O) groups is 1. The first-order chi connectivity index (χ1) is 13.6. The Bertz CT molecular complexity index is 1160. The molecule has 0 aliphatic carbocycles. The molecule has 28 heavy (non-hydrogen) atoms. The van der Waals surface area contributed by atoms with Gasteiger partial charge < -0.3 is 4.90 Å². The molecule has 0 unspecified atom stereocenters. The molecule has 4 rings (SSSR count). The van der Waals surface area contributed by atoms with Crippen molar-refractivity contribution in [2.75, 3.05) is 7.05 Å². The largest absolute Gasteiger partial charge is 0.340 e. The van der Waals surface area contributed by atoms with Gasteiger partial charge in [0.25, 0.3) is 5.56 Å². The molecule has 4 aromatic rings. The van der Waals surface area contributed by atoms with E-state index in [2.05, 4.69) is 10.2 Å². The third-order valence-corrected chi connectivity index (χ3v) is 4.60. The number of nitrogens with zero attached hydrogens (tertiary/aromatic N) is 5. The minimum absolute atomic E-state index is 0.0917. The number of benzene rings is 2. The van der Waals surface area contributed by atoms with E-state index in [-0.39, 0.29) is 18.0 Å². The van der Waals surface area contributed by atoms with Crippen LogP contribution >= 0.6 is 0 Å². The smallest absolute Gasteiger partial charge is 0.275 e. The van der Waals surface area contributed by atoms with Crippen LogP contribution in [0, 0.1) is 0 Å². The molecule has 1 amide bonds. The summed E-state index contributed by atoms with van der Waals surface area (Å²) in [5.74, 6) is -0.180. The van der Waals surface area contributed by atoms with Crippen molar-refractivity contribution in [2.45, 2.75) is 13.1 Å². The maximum Gasteiger partial charge on any atom is 0.275 e. The Morgan fingerprint density at radius 1 is 1.04 bits per heavy atom. The minimum atomic E-state index is -0.261. The van der Waals surface area contributed by atoms with Gasteiger partial charge in [-0.1, -0.05) is 30.3 Å². The number of hydrogen-bond donors (Lipinski definition) is 0. The third-order valence-electron chi connectivity index (χ3n) is 4.60. The van der Waals surface area contributed by atoms with Gasteiger partial charge in [-0.2, -0.15) is 10.2 Å². The van der Waals surface area contributed by atoms with Gasteiger partial charge in [0, 0.05) is 31.4 Å². The Labute approximate surface area is 161 Å². The molecule has 7 heteroatoms. The van der Waals surface area contributed by atoms with E-state index in [4.69, 9.17) is 0 Å². The molecule has 0 radical (unpaired) electrons. The van der Waals surface area contributed by atoms with E-state index in [1.54, 1.807) is 41.2 Å². The Balaban J connectivity index is 1.45. The maximum atomic E-state index is 12.6. The minimum Gasteiger partial charge on any atom is -0.340 e. The summed E-state index contributed by atoms with van der Waals surface area (Å²) in [6.07, 6.45) is 5.21. The fourth-order valence-electron chi connectivity index (χ4n) is 3.03. The Kier molecular flexibility index (Phi) is 4.72. The summed E-state index contributed by atoms with van der Waals surface area (Å²) in [5.41, 5.74) is 1.68. The standard InChI is InChI=1S/C21H19N5O2/c1-24(14-16-7-9-18(10-8-16)25-12-4-11-22-25)20(27)15-26-21(28)19-6-3-2-5-17(19)13-23-26/h2-13H,14-15H2,1H3. The molecule has 7 nitrogen and oxygen atoms in total. The second kappa shape index (κ2) is 7.48. The lowest BCUT2D eigenvalue weighted by atomic mass is 10.2. The highest BCUT2D eigenvalue weighted by molar-refractivity contribution is 5.81. The highest BCUT2D eigenvalue weighted by Crippen LogP contribution is 2.11. The number of hydrogen-bond acceptors (Lipinski definition) is 4. The number of amides is 1. The molecule has 2 heterocycles. The van der Waals surface area contributed by atoms with E-state index in [1.165, 1.54) is 4.68 Å². The molecule has 2 aromatic carbocycles. The summed E-state index contributed by atoms with van der Waals surface area (Å²) in [4.78, 5) is 26.7. The van der Waals surface area contributed by atoms with Crippen LogP contribution in [0.4, 0.5) is 0 Å². The van der Waals surface area contributed by atoms with Crippen LogP contribution in [0.15, 0.2) is 78.0 Å². The van der Waals surface area contributed by atoms with Crippen molar-refractivity contribution in [3.8, 4) is 5.69 Å². The van der Waals surface area contributed by atoms with Gasteiger partial charge in [0.15, 0.2) is 0 Å². The van der Waals surface area contributed by atoms with E-state index in [1.807, 2.05) is 48.7 Å². The summed E-state index contributed by atoms with van der Waals surface area (Å²) in [6.45, 7) is 0.353.